The Labute approximate surface area is 177 Å². The lowest BCUT2D eigenvalue weighted by atomic mass is 10.1. The summed E-state index contributed by atoms with van der Waals surface area (Å²) in [6, 6.07) is 20.1. The van der Waals surface area contributed by atoms with Gasteiger partial charge in [0.25, 0.3) is 5.91 Å². The largest absolute Gasteiger partial charge is 0.324 e. The molecule has 0 aliphatic rings. The monoisotopic (exact) mass is 418 g/mol. The van der Waals surface area contributed by atoms with Crippen LogP contribution >= 0.6 is 11.6 Å². The molecule has 0 aliphatic carbocycles. The molecule has 148 valence electrons. The summed E-state index contributed by atoms with van der Waals surface area (Å²) in [4.78, 5) is 21.1. The number of benzene rings is 3. The fourth-order valence-corrected chi connectivity index (χ4v) is 3.01. The number of amides is 1. The highest BCUT2D eigenvalue weighted by Gasteiger charge is 2.08. The van der Waals surface area contributed by atoms with E-state index in [1.807, 2.05) is 6.07 Å². The molecule has 7 heteroatoms. The van der Waals surface area contributed by atoms with E-state index < -0.39 is 0 Å². The van der Waals surface area contributed by atoms with Crippen molar-refractivity contribution in [2.45, 2.75) is 0 Å². The van der Waals surface area contributed by atoms with Crippen LogP contribution in [0.25, 0.3) is 11.1 Å². The second kappa shape index (κ2) is 8.71. The summed E-state index contributed by atoms with van der Waals surface area (Å²) in [7, 11) is 0. The van der Waals surface area contributed by atoms with E-state index in [-0.39, 0.29) is 11.7 Å². The van der Waals surface area contributed by atoms with Crippen LogP contribution in [0.2, 0.25) is 5.02 Å². The zero-order valence-corrected chi connectivity index (χ0v) is 16.4. The molecule has 0 spiro atoms. The van der Waals surface area contributed by atoms with E-state index >= 15 is 0 Å². The van der Waals surface area contributed by atoms with E-state index in [4.69, 9.17) is 11.6 Å². The van der Waals surface area contributed by atoms with Gasteiger partial charge < -0.3 is 10.6 Å². The molecule has 0 radical (unpaired) electrons. The van der Waals surface area contributed by atoms with Gasteiger partial charge in [0, 0.05) is 39.9 Å². The van der Waals surface area contributed by atoms with Crippen molar-refractivity contribution in [3.63, 3.8) is 0 Å². The number of hydrogen-bond acceptors (Lipinski definition) is 4. The maximum absolute atomic E-state index is 13.1. The van der Waals surface area contributed by atoms with Crippen molar-refractivity contribution in [3.05, 3.63) is 102 Å². The highest BCUT2D eigenvalue weighted by molar-refractivity contribution is 6.31. The molecule has 4 aromatic rings. The highest BCUT2D eigenvalue weighted by atomic mass is 35.5. The van der Waals surface area contributed by atoms with Gasteiger partial charge in [-0.05, 0) is 54.1 Å². The molecule has 0 fully saturated rings. The van der Waals surface area contributed by atoms with Crippen LogP contribution in [-0.2, 0) is 0 Å². The lowest BCUT2D eigenvalue weighted by molar-refractivity contribution is 0.102. The average molecular weight is 419 g/mol. The average Bonchev–Trinajstić information content (AvgIpc) is 2.75. The van der Waals surface area contributed by atoms with E-state index in [0.29, 0.717) is 27.9 Å². The Morgan fingerprint density at radius 1 is 0.833 bits per heavy atom. The molecular formula is C23H16ClFN4O. The number of hydrogen-bond donors (Lipinski definition) is 2. The minimum Gasteiger partial charge on any atom is -0.324 e. The van der Waals surface area contributed by atoms with Crippen LogP contribution in [0.3, 0.4) is 0 Å². The molecule has 30 heavy (non-hydrogen) atoms. The molecule has 0 bridgehead atoms. The van der Waals surface area contributed by atoms with E-state index in [1.165, 1.54) is 12.1 Å². The molecule has 0 atom stereocenters. The third-order valence-corrected chi connectivity index (χ3v) is 4.53. The second-order valence-electron chi connectivity index (χ2n) is 6.47. The van der Waals surface area contributed by atoms with Crippen molar-refractivity contribution in [1.29, 1.82) is 0 Å². The number of nitrogens with one attached hydrogen (secondary N) is 2. The topological polar surface area (TPSA) is 66.9 Å². The van der Waals surface area contributed by atoms with E-state index in [2.05, 4.69) is 20.6 Å². The summed E-state index contributed by atoms with van der Waals surface area (Å²) in [5.74, 6) is -0.168. The van der Waals surface area contributed by atoms with Crippen LogP contribution < -0.4 is 10.6 Å². The SMILES string of the molecule is O=C(Nc1cccc(Cl)c1)c1cccc(Nc2ncc(-c3ccc(F)cc3)cn2)c1. The number of halogens is 2. The normalized spacial score (nSPS) is 10.5. The first kappa shape index (κ1) is 19.5. The molecule has 5 nitrogen and oxygen atoms in total. The fraction of sp³-hybridized carbons (Fsp3) is 0. The quantitative estimate of drug-likeness (QED) is 0.421. The number of aromatic nitrogens is 2. The van der Waals surface area contributed by atoms with Crippen molar-refractivity contribution in [2.24, 2.45) is 0 Å². The number of carbonyl (C=O) groups excluding carboxylic acids is 1. The van der Waals surface area contributed by atoms with Crippen molar-refractivity contribution < 1.29 is 9.18 Å². The van der Waals surface area contributed by atoms with Crippen LogP contribution in [0.5, 0.6) is 0 Å². The Balaban J connectivity index is 1.46. The Morgan fingerprint density at radius 3 is 2.27 bits per heavy atom. The van der Waals surface area contributed by atoms with Crippen molar-refractivity contribution in [2.75, 3.05) is 10.6 Å². The maximum Gasteiger partial charge on any atom is 0.255 e. The summed E-state index contributed by atoms with van der Waals surface area (Å²) in [5.41, 5.74) is 3.36. The van der Waals surface area contributed by atoms with Gasteiger partial charge in [-0.2, -0.15) is 0 Å². The minimum atomic E-state index is -0.294. The molecular weight excluding hydrogens is 403 g/mol. The predicted molar refractivity (Wildman–Crippen MR) is 117 cm³/mol. The van der Waals surface area contributed by atoms with Gasteiger partial charge in [-0.15, -0.1) is 0 Å². The van der Waals surface area contributed by atoms with Gasteiger partial charge in [0.2, 0.25) is 5.95 Å². The zero-order chi connectivity index (χ0) is 20.9. The molecule has 0 saturated heterocycles. The molecule has 0 unspecified atom stereocenters. The fourth-order valence-electron chi connectivity index (χ4n) is 2.82. The lowest BCUT2D eigenvalue weighted by Gasteiger charge is -2.09. The highest BCUT2D eigenvalue weighted by Crippen LogP contribution is 2.21. The number of anilines is 3. The van der Waals surface area contributed by atoms with E-state index in [9.17, 15) is 9.18 Å². The Bertz CT molecular complexity index is 1180. The molecule has 4 rings (SSSR count). The third kappa shape index (κ3) is 4.79. The number of carbonyl (C=O) groups is 1. The van der Waals surface area contributed by atoms with Crippen LogP contribution in [0, 0.1) is 5.82 Å². The van der Waals surface area contributed by atoms with E-state index in [1.54, 1.807) is 67.0 Å². The summed E-state index contributed by atoms with van der Waals surface area (Å²) < 4.78 is 13.1. The molecule has 0 aliphatic heterocycles. The Kier molecular flexibility index (Phi) is 5.68. The van der Waals surface area contributed by atoms with Crippen molar-refractivity contribution >= 4 is 34.8 Å². The predicted octanol–water partition coefficient (Wildman–Crippen LogP) is 5.93. The van der Waals surface area contributed by atoms with Crippen molar-refractivity contribution in [3.8, 4) is 11.1 Å². The summed E-state index contributed by atoms with van der Waals surface area (Å²) >= 11 is 5.96. The minimum absolute atomic E-state index is 0.256. The van der Waals surface area contributed by atoms with Gasteiger partial charge in [0.1, 0.15) is 5.82 Å². The molecule has 1 heterocycles. The molecule has 1 aromatic heterocycles. The van der Waals surface area contributed by atoms with Crippen LogP contribution in [0.1, 0.15) is 10.4 Å². The van der Waals surface area contributed by atoms with Gasteiger partial charge in [0.15, 0.2) is 0 Å². The maximum atomic E-state index is 13.1. The van der Waals surface area contributed by atoms with Crippen molar-refractivity contribution in [1.82, 2.24) is 9.97 Å². The van der Waals surface area contributed by atoms with Crippen LogP contribution in [0.4, 0.5) is 21.7 Å². The number of rotatable bonds is 5. The Morgan fingerprint density at radius 2 is 1.53 bits per heavy atom. The molecule has 3 aromatic carbocycles. The van der Waals surface area contributed by atoms with E-state index in [0.717, 1.165) is 11.1 Å². The van der Waals surface area contributed by atoms with Crippen LogP contribution in [0.15, 0.2) is 85.2 Å². The standard InChI is InChI=1S/C23H16ClFN4O/c24-18-4-2-6-21(12-18)28-22(30)16-3-1-5-20(11-16)29-23-26-13-17(14-27-23)15-7-9-19(25)10-8-15/h1-14H,(H,28,30)(H,26,27,29). The first-order valence-electron chi connectivity index (χ1n) is 9.09. The lowest BCUT2D eigenvalue weighted by Crippen LogP contribution is -2.12. The van der Waals surface area contributed by atoms with Gasteiger partial charge in [-0.25, -0.2) is 14.4 Å². The van der Waals surface area contributed by atoms with Gasteiger partial charge in [0.05, 0.1) is 0 Å². The zero-order valence-electron chi connectivity index (χ0n) is 15.6. The smallest absolute Gasteiger partial charge is 0.255 e. The molecule has 0 saturated carbocycles. The summed E-state index contributed by atoms with van der Waals surface area (Å²) in [6.07, 6.45) is 3.30. The third-order valence-electron chi connectivity index (χ3n) is 4.29. The first-order chi connectivity index (χ1) is 14.6. The van der Waals surface area contributed by atoms with Gasteiger partial charge >= 0.3 is 0 Å². The van der Waals surface area contributed by atoms with Crippen LogP contribution in [-0.4, -0.2) is 15.9 Å². The van der Waals surface area contributed by atoms with Gasteiger partial charge in [-0.3, -0.25) is 4.79 Å². The Hall–Kier alpha value is -3.77. The number of nitrogens with zero attached hydrogens (tertiary/aromatic N) is 2. The summed E-state index contributed by atoms with van der Waals surface area (Å²) in [6.45, 7) is 0. The first-order valence-corrected chi connectivity index (χ1v) is 9.47. The molecule has 1 amide bonds. The van der Waals surface area contributed by atoms with Gasteiger partial charge in [-0.1, -0.05) is 35.9 Å². The molecule has 2 N–H and O–H groups in total. The summed E-state index contributed by atoms with van der Waals surface area (Å²) in [5, 5.41) is 6.43. The second-order valence-corrected chi connectivity index (χ2v) is 6.91.